The van der Waals surface area contributed by atoms with Crippen LogP contribution in [0.15, 0.2) is 36.4 Å². The van der Waals surface area contributed by atoms with Crippen LogP contribution in [0.3, 0.4) is 0 Å². The molecule has 0 amide bonds. The summed E-state index contributed by atoms with van der Waals surface area (Å²) in [6.45, 7) is 6.14. The first-order chi connectivity index (χ1) is 9.52. The molecule has 0 radical (unpaired) electrons. The van der Waals surface area contributed by atoms with Gasteiger partial charge in [0.15, 0.2) is 0 Å². The molecule has 0 heterocycles. The highest BCUT2D eigenvalue weighted by Gasteiger charge is 2.16. The van der Waals surface area contributed by atoms with E-state index < -0.39 is 6.10 Å². The summed E-state index contributed by atoms with van der Waals surface area (Å²) in [7, 11) is 1.66. The van der Waals surface area contributed by atoms with Crippen LogP contribution in [0, 0.1) is 20.8 Å². The lowest BCUT2D eigenvalue weighted by Gasteiger charge is -2.18. The van der Waals surface area contributed by atoms with Crippen LogP contribution in [-0.2, 0) is 6.42 Å². The Balaban J connectivity index is 2.29. The molecule has 0 aliphatic heterocycles. The molecule has 1 N–H and O–H groups in total. The molecular weight excluding hydrogens is 248 g/mol. The lowest BCUT2D eigenvalue weighted by Crippen LogP contribution is -2.06. The number of ether oxygens (including phenoxy) is 1. The van der Waals surface area contributed by atoms with E-state index in [0.29, 0.717) is 6.42 Å². The van der Waals surface area contributed by atoms with Gasteiger partial charge in [0.25, 0.3) is 0 Å². The van der Waals surface area contributed by atoms with E-state index >= 15 is 0 Å². The van der Waals surface area contributed by atoms with Gasteiger partial charge in [-0.05, 0) is 37.5 Å². The molecule has 20 heavy (non-hydrogen) atoms. The Bertz CT molecular complexity index is 602. The van der Waals surface area contributed by atoms with Crippen molar-refractivity contribution in [3.63, 3.8) is 0 Å². The van der Waals surface area contributed by atoms with Crippen molar-refractivity contribution in [3.05, 3.63) is 64.2 Å². The average Bonchev–Trinajstić information content (AvgIpc) is 2.41. The van der Waals surface area contributed by atoms with Gasteiger partial charge in [0.05, 0.1) is 13.2 Å². The number of aliphatic hydroxyl groups excluding tert-OH is 1. The largest absolute Gasteiger partial charge is 0.496 e. The van der Waals surface area contributed by atoms with Crippen LogP contribution >= 0.6 is 0 Å². The quantitative estimate of drug-likeness (QED) is 0.913. The fourth-order valence-electron chi connectivity index (χ4n) is 2.52. The zero-order chi connectivity index (χ0) is 14.7. The number of benzene rings is 2. The number of hydrogen-bond donors (Lipinski definition) is 1. The van der Waals surface area contributed by atoms with Crippen molar-refractivity contribution < 1.29 is 9.84 Å². The Morgan fingerprint density at radius 1 is 1.10 bits per heavy atom. The van der Waals surface area contributed by atoms with Gasteiger partial charge in [-0.2, -0.15) is 0 Å². The first-order valence-corrected chi connectivity index (χ1v) is 6.90. The van der Waals surface area contributed by atoms with Crippen LogP contribution in [0.25, 0.3) is 0 Å². The summed E-state index contributed by atoms with van der Waals surface area (Å²) in [6, 6.07) is 12.2. The third kappa shape index (κ3) is 3.02. The number of rotatable bonds is 4. The van der Waals surface area contributed by atoms with E-state index in [9.17, 15) is 5.11 Å². The summed E-state index contributed by atoms with van der Waals surface area (Å²) in [5.74, 6) is 0.796. The molecule has 0 fully saturated rings. The van der Waals surface area contributed by atoms with Crippen LogP contribution in [0.4, 0.5) is 0 Å². The van der Waals surface area contributed by atoms with Crippen molar-refractivity contribution >= 4 is 0 Å². The lowest BCUT2D eigenvalue weighted by molar-refractivity contribution is 0.174. The van der Waals surface area contributed by atoms with Gasteiger partial charge in [-0.1, -0.05) is 42.0 Å². The summed E-state index contributed by atoms with van der Waals surface area (Å²) < 4.78 is 5.48. The third-order valence-electron chi connectivity index (χ3n) is 3.78. The van der Waals surface area contributed by atoms with Crippen molar-refractivity contribution in [3.8, 4) is 5.75 Å². The Kier molecular flexibility index (Phi) is 4.46. The molecule has 0 saturated heterocycles. The minimum absolute atomic E-state index is 0.550. The fraction of sp³-hybridized carbons (Fsp3) is 0.333. The van der Waals surface area contributed by atoms with Gasteiger partial charge in [-0.25, -0.2) is 0 Å². The van der Waals surface area contributed by atoms with Gasteiger partial charge in [-0.3, -0.25) is 0 Å². The number of methoxy groups -OCH3 is 1. The first kappa shape index (κ1) is 14.6. The van der Waals surface area contributed by atoms with Gasteiger partial charge in [0.2, 0.25) is 0 Å². The summed E-state index contributed by atoms with van der Waals surface area (Å²) >= 11 is 0. The van der Waals surface area contributed by atoms with Crippen molar-refractivity contribution in [1.82, 2.24) is 0 Å². The fourth-order valence-corrected chi connectivity index (χ4v) is 2.52. The van der Waals surface area contributed by atoms with Crippen LogP contribution in [-0.4, -0.2) is 12.2 Å². The molecule has 2 heteroatoms. The average molecular weight is 270 g/mol. The maximum absolute atomic E-state index is 10.5. The second-order valence-corrected chi connectivity index (χ2v) is 5.34. The van der Waals surface area contributed by atoms with Gasteiger partial charge in [-0.15, -0.1) is 0 Å². The minimum Gasteiger partial charge on any atom is -0.496 e. The normalized spacial score (nSPS) is 12.2. The van der Waals surface area contributed by atoms with E-state index in [2.05, 4.69) is 26.0 Å². The zero-order valence-electron chi connectivity index (χ0n) is 12.6. The zero-order valence-corrected chi connectivity index (χ0v) is 12.6. The van der Waals surface area contributed by atoms with Crippen molar-refractivity contribution in [2.24, 2.45) is 0 Å². The highest BCUT2D eigenvalue weighted by molar-refractivity contribution is 5.46. The van der Waals surface area contributed by atoms with Crippen molar-refractivity contribution in [2.75, 3.05) is 7.11 Å². The molecular formula is C18H22O2. The predicted molar refractivity (Wildman–Crippen MR) is 82.3 cm³/mol. The SMILES string of the molecule is COc1c(C(O)Cc2cccc(C)c2)ccc(C)c1C. The van der Waals surface area contributed by atoms with E-state index in [1.54, 1.807) is 7.11 Å². The summed E-state index contributed by atoms with van der Waals surface area (Å²) in [5.41, 5.74) is 5.47. The number of aliphatic hydroxyl groups is 1. The maximum Gasteiger partial charge on any atom is 0.127 e. The third-order valence-corrected chi connectivity index (χ3v) is 3.78. The molecule has 2 aromatic carbocycles. The van der Waals surface area contributed by atoms with E-state index in [1.165, 1.54) is 11.1 Å². The molecule has 0 bridgehead atoms. The topological polar surface area (TPSA) is 29.5 Å². The Hall–Kier alpha value is -1.80. The Morgan fingerprint density at radius 2 is 1.85 bits per heavy atom. The van der Waals surface area contributed by atoms with Crippen LogP contribution in [0.5, 0.6) is 5.75 Å². The van der Waals surface area contributed by atoms with E-state index in [1.807, 2.05) is 31.2 Å². The van der Waals surface area contributed by atoms with E-state index in [4.69, 9.17) is 4.74 Å². The van der Waals surface area contributed by atoms with E-state index in [0.717, 1.165) is 22.4 Å². The number of aryl methyl sites for hydroxylation is 2. The van der Waals surface area contributed by atoms with Crippen LogP contribution in [0.1, 0.15) is 33.9 Å². The van der Waals surface area contributed by atoms with Gasteiger partial charge in [0.1, 0.15) is 5.75 Å². The molecule has 0 spiro atoms. The first-order valence-electron chi connectivity index (χ1n) is 6.90. The van der Waals surface area contributed by atoms with Crippen molar-refractivity contribution in [2.45, 2.75) is 33.3 Å². The molecule has 2 nitrogen and oxygen atoms in total. The lowest BCUT2D eigenvalue weighted by atomic mass is 9.96. The standard InChI is InChI=1S/C18H22O2/c1-12-6-5-7-15(10-12)11-17(19)16-9-8-13(2)14(3)18(16)20-4/h5-10,17,19H,11H2,1-4H3. The molecule has 0 aromatic heterocycles. The second kappa shape index (κ2) is 6.10. The highest BCUT2D eigenvalue weighted by Crippen LogP contribution is 2.32. The van der Waals surface area contributed by atoms with Gasteiger partial charge >= 0.3 is 0 Å². The van der Waals surface area contributed by atoms with Crippen LogP contribution in [0.2, 0.25) is 0 Å². The molecule has 0 saturated carbocycles. The second-order valence-electron chi connectivity index (χ2n) is 5.34. The molecule has 0 aliphatic rings. The van der Waals surface area contributed by atoms with Crippen molar-refractivity contribution in [1.29, 1.82) is 0 Å². The molecule has 2 aromatic rings. The molecule has 106 valence electrons. The smallest absolute Gasteiger partial charge is 0.127 e. The maximum atomic E-state index is 10.5. The molecule has 2 rings (SSSR count). The highest BCUT2D eigenvalue weighted by atomic mass is 16.5. The monoisotopic (exact) mass is 270 g/mol. The summed E-state index contributed by atoms with van der Waals surface area (Å²) in [4.78, 5) is 0. The predicted octanol–water partition coefficient (Wildman–Crippen LogP) is 3.90. The molecule has 1 atom stereocenters. The van der Waals surface area contributed by atoms with E-state index in [-0.39, 0.29) is 0 Å². The minimum atomic E-state index is -0.550. The summed E-state index contributed by atoms with van der Waals surface area (Å²) in [6.07, 6.45) is 0.0478. The van der Waals surface area contributed by atoms with Gasteiger partial charge < -0.3 is 9.84 Å². The molecule has 0 aliphatic carbocycles. The number of hydrogen-bond acceptors (Lipinski definition) is 2. The Morgan fingerprint density at radius 3 is 2.50 bits per heavy atom. The molecule has 1 unspecified atom stereocenters. The summed E-state index contributed by atoms with van der Waals surface area (Å²) in [5, 5.41) is 10.5. The van der Waals surface area contributed by atoms with Gasteiger partial charge in [0, 0.05) is 12.0 Å². The van der Waals surface area contributed by atoms with Crippen LogP contribution < -0.4 is 4.74 Å². The Labute approximate surface area is 121 Å².